The maximum absolute atomic E-state index is 9.93. The molecule has 1 aliphatic heterocycles. The Labute approximate surface area is 156 Å². The number of phenols is 1. The van der Waals surface area contributed by atoms with Gasteiger partial charge in [-0.2, -0.15) is 0 Å². The predicted molar refractivity (Wildman–Crippen MR) is 101 cm³/mol. The zero-order chi connectivity index (χ0) is 15.4. The maximum Gasteiger partial charge on any atom is 0.176 e. The first-order valence-electron chi connectivity index (χ1n) is 7.59. The van der Waals surface area contributed by atoms with Gasteiger partial charge in [0.15, 0.2) is 11.5 Å². The van der Waals surface area contributed by atoms with Crippen molar-refractivity contribution in [2.45, 2.75) is 26.3 Å². The van der Waals surface area contributed by atoms with Gasteiger partial charge in [-0.05, 0) is 23.6 Å². The number of benzene rings is 1. The van der Waals surface area contributed by atoms with Crippen LogP contribution in [0.25, 0.3) is 0 Å². The van der Waals surface area contributed by atoms with Crippen molar-refractivity contribution in [3.63, 3.8) is 0 Å². The van der Waals surface area contributed by atoms with Gasteiger partial charge in [0.2, 0.25) is 0 Å². The number of piperazine rings is 1. The molecule has 2 atom stereocenters. The van der Waals surface area contributed by atoms with Crippen LogP contribution in [0.4, 0.5) is 0 Å². The molecule has 0 saturated carbocycles. The van der Waals surface area contributed by atoms with E-state index < -0.39 is 0 Å². The van der Waals surface area contributed by atoms with Crippen molar-refractivity contribution in [2.75, 3.05) is 33.3 Å². The molecular formula is C16H27Cl3N2O2. The Morgan fingerprint density at radius 1 is 1.30 bits per heavy atom. The van der Waals surface area contributed by atoms with Crippen LogP contribution in [0.2, 0.25) is 5.02 Å². The van der Waals surface area contributed by atoms with Gasteiger partial charge in [-0.25, -0.2) is 0 Å². The Bertz CT molecular complexity index is 483. The Hall–Kier alpha value is -0.390. The lowest BCUT2D eigenvalue weighted by molar-refractivity contribution is 0.128. The number of phenolic OH excluding ortho intramolecular Hbond substituents is 1. The Balaban J connectivity index is 0.00000242. The molecule has 0 amide bonds. The lowest BCUT2D eigenvalue weighted by Gasteiger charge is -2.38. The van der Waals surface area contributed by atoms with E-state index in [9.17, 15) is 5.11 Å². The van der Waals surface area contributed by atoms with Gasteiger partial charge < -0.3 is 15.2 Å². The van der Waals surface area contributed by atoms with Crippen molar-refractivity contribution in [1.82, 2.24) is 10.2 Å². The van der Waals surface area contributed by atoms with Crippen molar-refractivity contribution in [2.24, 2.45) is 5.92 Å². The van der Waals surface area contributed by atoms with Gasteiger partial charge in [-0.1, -0.05) is 31.9 Å². The van der Waals surface area contributed by atoms with Crippen molar-refractivity contribution >= 4 is 36.4 Å². The second kappa shape index (κ2) is 10.5. The van der Waals surface area contributed by atoms with Crippen LogP contribution in [0.3, 0.4) is 0 Å². The molecule has 1 unspecified atom stereocenters. The lowest BCUT2D eigenvalue weighted by atomic mass is 9.90. The van der Waals surface area contributed by atoms with Gasteiger partial charge in [0, 0.05) is 32.2 Å². The van der Waals surface area contributed by atoms with Gasteiger partial charge in [-0.15, -0.1) is 24.8 Å². The third-order valence-corrected chi connectivity index (χ3v) is 4.63. The minimum absolute atomic E-state index is 0. The highest BCUT2D eigenvalue weighted by Gasteiger charge is 2.27. The zero-order valence-corrected chi connectivity index (χ0v) is 16.2. The Morgan fingerprint density at radius 3 is 2.43 bits per heavy atom. The number of ether oxygens (including phenoxy) is 1. The molecule has 0 radical (unpaired) electrons. The summed E-state index contributed by atoms with van der Waals surface area (Å²) >= 11 is 6.17. The van der Waals surface area contributed by atoms with Crippen LogP contribution in [0.1, 0.15) is 31.9 Å². The highest BCUT2D eigenvalue weighted by Crippen LogP contribution is 2.40. The minimum atomic E-state index is 0. The molecule has 0 aliphatic carbocycles. The molecule has 0 aromatic heterocycles. The van der Waals surface area contributed by atoms with Gasteiger partial charge in [0.1, 0.15) is 0 Å². The van der Waals surface area contributed by atoms with Crippen molar-refractivity contribution in [1.29, 1.82) is 0 Å². The van der Waals surface area contributed by atoms with Crippen LogP contribution in [-0.4, -0.2) is 43.3 Å². The van der Waals surface area contributed by atoms with Crippen LogP contribution in [0, 0.1) is 5.92 Å². The fourth-order valence-corrected chi connectivity index (χ4v) is 3.22. The molecule has 1 fully saturated rings. The molecule has 7 heteroatoms. The monoisotopic (exact) mass is 384 g/mol. The summed E-state index contributed by atoms with van der Waals surface area (Å²) in [6, 6.07) is 4.09. The fourth-order valence-electron chi connectivity index (χ4n) is 3.00. The normalized spacial score (nSPS) is 17.6. The number of aromatic hydroxyl groups is 1. The summed E-state index contributed by atoms with van der Waals surface area (Å²) in [6.07, 6.45) is 1.09. The Kier molecular flexibility index (Phi) is 10.3. The Morgan fingerprint density at radius 2 is 1.91 bits per heavy atom. The third-order valence-electron chi connectivity index (χ3n) is 4.34. The molecule has 2 N–H and O–H groups in total. The van der Waals surface area contributed by atoms with E-state index in [-0.39, 0.29) is 30.6 Å². The molecule has 1 aromatic carbocycles. The van der Waals surface area contributed by atoms with Gasteiger partial charge in [-0.3, -0.25) is 4.90 Å². The highest BCUT2D eigenvalue weighted by molar-refractivity contribution is 6.32. The second-order valence-electron chi connectivity index (χ2n) is 5.67. The van der Waals surface area contributed by atoms with Crippen LogP contribution < -0.4 is 10.1 Å². The molecule has 1 heterocycles. The number of halogens is 3. The van der Waals surface area contributed by atoms with E-state index in [2.05, 4.69) is 24.1 Å². The molecule has 1 saturated heterocycles. The van der Waals surface area contributed by atoms with Crippen LogP contribution in [0.15, 0.2) is 12.1 Å². The van der Waals surface area contributed by atoms with Crippen molar-refractivity contribution < 1.29 is 9.84 Å². The summed E-state index contributed by atoms with van der Waals surface area (Å²) < 4.78 is 5.25. The number of rotatable bonds is 5. The molecule has 1 aromatic rings. The molecule has 0 bridgehead atoms. The summed E-state index contributed by atoms with van der Waals surface area (Å²) in [5.41, 5.74) is 1.12. The van der Waals surface area contributed by atoms with Crippen molar-refractivity contribution in [3.8, 4) is 11.5 Å². The van der Waals surface area contributed by atoms with E-state index >= 15 is 0 Å². The first-order valence-corrected chi connectivity index (χ1v) is 7.97. The van der Waals surface area contributed by atoms with E-state index in [0.717, 1.165) is 38.2 Å². The number of nitrogens with zero attached hydrogens (tertiary/aromatic N) is 1. The molecule has 4 nitrogen and oxygen atoms in total. The standard InChI is InChI=1S/C16H25ClN2O2.2ClH/c1-4-11(2)15(19-7-5-18-6-8-19)12-9-13(17)16(20)14(10-12)21-3;;/h9-11,15,18,20H,4-8H2,1-3H3;2*1H/t11?,15-;;/m0../s1. The lowest BCUT2D eigenvalue weighted by Crippen LogP contribution is -2.46. The quantitative estimate of drug-likeness (QED) is 0.807. The van der Waals surface area contributed by atoms with Crippen LogP contribution >= 0.6 is 36.4 Å². The molecule has 134 valence electrons. The average molecular weight is 386 g/mol. The summed E-state index contributed by atoms with van der Waals surface area (Å²) in [6.45, 7) is 8.54. The summed E-state index contributed by atoms with van der Waals surface area (Å²) in [5, 5.41) is 13.7. The average Bonchev–Trinajstić information content (AvgIpc) is 2.51. The first kappa shape index (κ1) is 22.6. The number of methoxy groups -OCH3 is 1. The molecule has 0 spiro atoms. The minimum Gasteiger partial charge on any atom is -0.503 e. The van der Waals surface area contributed by atoms with Crippen LogP contribution in [-0.2, 0) is 0 Å². The van der Waals surface area contributed by atoms with E-state index in [4.69, 9.17) is 16.3 Å². The van der Waals surface area contributed by atoms with E-state index in [0.29, 0.717) is 22.7 Å². The predicted octanol–water partition coefficient (Wildman–Crippen LogP) is 3.89. The second-order valence-corrected chi connectivity index (χ2v) is 6.08. The van der Waals surface area contributed by atoms with E-state index in [1.807, 2.05) is 12.1 Å². The fraction of sp³-hybridized carbons (Fsp3) is 0.625. The topological polar surface area (TPSA) is 44.7 Å². The summed E-state index contributed by atoms with van der Waals surface area (Å²) in [4.78, 5) is 2.49. The molecular weight excluding hydrogens is 359 g/mol. The maximum atomic E-state index is 9.93. The van der Waals surface area contributed by atoms with Gasteiger partial charge >= 0.3 is 0 Å². The van der Waals surface area contributed by atoms with Gasteiger partial charge in [0.25, 0.3) is 0 Å². The largest absolute Gasteiger partial charge is 0.503 e. The SMILES string of the molecule is CCC(C)[C@@H](c1cc(Cl)c(O)c(OC)c1)N1CCNCC1.Cl.Cl. The van der Waals surface area contributed by atoms with E-state index in [1.54, 1.807) is 7.11 Å². The van der Waals surface area contributed by atoms with Crippen LogP contribution in [0.5, 0.6) is 11.5 Å². The molecule has 2 rings (SSSR count). The highest BCUT2D eigenvalue weighted by atomic mass is 35.5. The zero-order valence-electron chi connectivity index (χ0n) is 13.8. The first-order chi connectivity index (χ1) is 10.1. The van der Waals surface area contributed by atoms with E-state index in [1.165, 1.54) is 0 Å². The summed E-state index contributed by atoms with van der Waals surface area (Å²) in [5.74, 6) is 0.973. The third kappa shape index (κ3) is 5.30. The summed E-state index contributed by atoms with van der Waals surface area (Å²) in [7, 11) is 1.55. The number of hydrogen-bond donors (Lipinski definition) is 2. The number of nitrogens with one attached hydrogen (secondary N) is 1. The van der Waals surface area contributed by atoms with Crippen molar-refractivity contribution in [3.05, 3.63) is 22.7 Å². The smallest absolute Gasteiger partial charge is 0.176 e. The molecule has 23 heavy (non-hydrogen) atoms. The number of hydrogen-bond acceptors (Lipinski definition) is 4. The molecule has 1 aliphatic rings. The van der Waals surface area contributed by atoms with Gasteiger partial charge in [0.05, 0.1) is 12.1 Å².